The highest BCUT2D eigenvalue weighted by molar-refractivity contribution is 5.89. The summed E-state index contributed by atoms with van der Waals surface area (Å²) in [5.74, 6) is 0.307. The van der Waals surface area contributed by atoms with Crippen LogP contribution < -0.4 is 15.4 Å². The van der Waals surface area contributed by atoms with Crippen LogP contribution >= 0.6 is 0 Å². The zero-order chi connectivity index (χ0) is 30.3. The molecular formula is C33H53N3O5. The molecule has 1 saturated heterocycles. The maximum Gasteiger partial charge on any atom is 0.325 e. The van der Waals surface area contributed by atoms with Gasteiger partial charge in [-0.05, 0) is 70.6 Å². The number of likely N-dealkylation sites (tertiary alicyclic amines) is 1. The molecule has 3 amide bonds. The Labute approximate surface area is 249 Å². The maximum atomic E-state index is 12.5. The van der Waals surface area contributed by atoms with Gasteiger partial charge in [-0.1, -0.05) is 74.7 Å². The number of benzene rings is 2. The van der Waals surface area contributed by atoms with Crippen LogP contribution in [0, 0.1) is 12.8 Å². The minimum Gasteiger partial charge on any atom is -0.489 e. The molecule has 2 aromatic rings. The molecule has 2 N–H and O–H groups in total. The second-order valence-corrected chi connectivity index (χ2v) is 11.9. The maximum absolute atomic E-state index is 12.5. The molecule has 1 atom stereocenters. The van der Waals surface area contributed by atoms with E-state index >= 15 is 0 Å². The van der Waals surface area contributed by atoms with Gasteiger partial charge < -0.3 is 25.0 Å². The highest BCUT2D eigenvalue weighted by Gasteiger charge is 2.26. The molecule has 41 heavy (non-hydrogen) atoms. The summed E-state index contributed by atoms with van der Waals surface area (Å²) in [6.45, 7) is 13.2. The molecule has 0 radical (unpaired) electrons. The number of aryl methyl sites for hydroxylation is 1. The topological polar surface area (TPSA) is 97.0 Å². The molecule has 1 fully saturated rings. The van der Waals surface area contributed by atoms with E-state index in [4.69, 9.17) is 9.47 Å². The van der Waals surface area contributed by atoms with Gasteiger partial charge in [-0.3, -0.25) is 9.59 Å². The van der Waals surface area contributed by atoms with Crippen molar-refractivity contribution in [1.82, 2.24) is 15.5 Å². The van der Waals surface area contributed by atoms with E-state index in [0.29, 0.717) is 13.0 Å². The van der Waals surface area contributed by atoms with Crippen molar-refractivity contribution in [3.63, 3.8) is 0 Å². The van der Waals surface area contributed by atoms with Crippen molar-refractivity contribution in [3.8, 4) is 5.75 Å². The van der Waals surface area contributed by atoms with Gasteiger partial charge in [0, 0.05) is 15.9 Å². The number of rotatable bonds is 9. The Bertz CT molecular complexity index is 1070. The highest BCUT2D eigenvalue weighted by atomic mass is 16.6. The molecule has 0 bridgehead atoms. The quantitative estimate of drug-likeness (QED) is 0.335. The fourth-order valence-corrected chi connectivity index (χ4v) is 4.25. The SMILES string of the molecule is CC(C)C[C@H](NC(=O)N1CCCCCC1)C(=O)NCC(=O)OC(C)(C)C.Cc1ccc(OCc2ccccc2)cc1.[HH].[HH]. The number of hydrogen-bond acceptors (Lipinski definition) is 5. The minimum absolute atomic E-state index is 0. The lowest BCUT2D eigenvalue weighted by Crippen LogP contribution is -2.52. The van der Waals surface area contributed by atoms with Crippen LogP contribution in [-0.2, 0) is 20.9 Å². The average molecular weight is 572 g/mol. The first kappa shape index (κ1) is 33.7. The molecule has 230 valence electrons. The lowest BCUT2D eigenvalue weighted by atomic mass is 10.0. The van der Waals surface area contributed by atoms with Gasteiger partial charge in [0.2, 0.25) is 5.91 Å². The average Bonchev–Trinajstić information content (AvgIpc) is 3.21. The Morgan fingerprint density at radius 1 is 0.927 bits per heavy atom. The zero-order valence-electron chi connectivity index (χ0n) is 25.7. The third-order valence-electron chi connectivity index (χ3n) is 6.31. The van der Waals surface area contributed by atoms with Gasteiger partial charge in [0.05, 0.1) is 0 Å². The van der Waals surface area contributed by atoms with Crippen LogP contribution in [0.5, 0.6) is 5.75 Å². The summed E-state index contributed by atoms with van der Waals surface area (Å²) in [6, 6.07) is 17.4. The van der Waals surface area contributed by atoms with E-state index in [9.17, 15) is 14.4 Å². The predicted molar refractivity (Wildman–Crippen MR) is 167 cm³/mol. The van der Waals surface area contributed by atoms with E-state index in [1.165, 1.54) is 11.1 Å². The molecule has 8 nitrogen and oxygen atoms in total. The molecule has 0 aliphatic carbocycles. The smallest absolute Gasteiger partial charge is 0.325 e. The summed E-state index contributed by atoms with van der Waals surface area (Å²) in [7, 11) is 0. The van der Waals surface area contributed by atoms with Gasteiger partial charge in [0.25, 0.3) is 0 Å². The van der Waals surface area contributed by atoms with Crippen molar-refractivity contribution >= 4 is 17.9 Å². The number of ether oxygens (including phenoxy) is 2. The van der Waals surface area contributed by atoms with Crippen molar-refractivity contribution in [2.75, 3.05) is 19.6 Å². The number of carbonyl (C=O) groups excluding carboxylic acids is 3. The van der Waals surface area contributed by atoms with Crippen LogP contribution in [-0.4, -0.2) is 54.1 Å². The molecule has 0 saturated carbocycles. The lowest BCUT2D eigenvalue weighted by molar-refractivity contribution is -0.154. The van der Waals surface area contributed by atoms with Crippen LogP contribution in [0.25, 0.3) is 0 Å². The number of amides is 3. The van der Waals surface area contributed by atoms with Gasteiger partial charge in [-0.15, -0.1) is 0 Å². The highest BCUT2D eigenvalue weighted by Crippen LogP contribution is 2.14. The Kier molecular flexibility index (Phi) is 14.2. The van der Waals surface area contributed by atoms with E-state index in [1.54, 1.807) is 25.7 Å². The molecule has 1 aliphatic heterocycles. The largest absolute Gasteiger partial charge is 0.489 e. The van der Waals surface area contributed by atoms with Crippen LogP contribution in [0.3, 0.4) is 0 Å². The van der Waals surface area contributed by atoms with E-state index in [2.05, 4.69) is 41.8 Å². The van der Waals surface area contributed by atoms with Crippen LogP contribution in [0.1, 0.15) is 80.7 Å². The van der Waals surface area contributed by atoms with Gasteiger partial charge in [-0.25, -0.2) is 4.79 Å². The van der Waals surface area contributed by atoms with E-state index in [0.717, 1.165) is 44.5 Å². The minimum atomic E-state index is -0.659. The third-order valence-corrected chi connectivity index (χ3v) is 6.31. The number of hydrogen-bond donors (Lipinski definition) is 2. The first-order valence-corrected chi connectivity index (χ1v) is 14.7. The van der Waals surface area contributed by atoms with E-state index in [-0.39, 0.29) is 27.3 Å². The van der Waals surface area contributed by atoms with Crippen molar-refractivity contribution in [2.45, 2.75) is 91.9 Å². The third kappa shape index (κ3) is 14.6. The van der Waals surface area contributed by atoms with Crippen molar-refractivity contribution in [2.24, 2.45) is 5.92 Å². The molecule has 8 heteroatoms. The summed E-state index contributed by atoms with van der Waals surface area (Å²) < 4.78 is 10.8. The molecule has 2 aromatic carbocycles. The van der Waals surface area contributed by atoms with Crippen LogP contribution in [0.2, 0.25) is 0 Å². The van der Waals surface area contributed by atoms with Crippen LogP contribution in [0.15, 0.2) is 54.6 Å². The summed E-state index contributed by atoms with van der Waals surface area (Å²) >= 11 is 0. The molecule has 0 spiro atoms. The summed E-state index contributed by atoms with van der Waals surface area (Å²) in [6.07, 6.45) is 4.77. The second-order valence-electron chi connectivity index (χ2n) is 11.9. The van der Waals surface area contributed by atoms with Gasteiger partial charge >= 0.3 is 12.0 Å². The zero-order valence-corrected chi connectivity index (χ0v) is 25.7. The summed E-state index contributed by atoms with van der Waals surface area (Å²) in [4.78, 5) is 38.6. The standard InChI is InChI=1S/C19H35N3O4.C14H14O.2H2/c1-14(2)12-15(17(24)20-13-16(23)26-19(3,4)5)21-18(25)22-10-8-6-7-9-11-22;1-12-7-9-14(10-8-12)15-11-13-5-3-2-4-6-13;;/h14-15H,6-13H2,1-5H3,(H,20,24)(H,21,25);2-10H,11H2,1H3;2*1H/t15-;;;/m0.../s1. The van der Waals surface area contributed by atoms with Crippen molar-refractivity contribution in [1.29, 1.82) is 0 Å². The monoisotopic (exact) mass is 571 g/mol. The van der Waals surface area contributed by atoms with E-state index in [1.807, 2.05) is 44.2 Å². The second kappa shape index (κ2) is 17.3. The Balaban J connectivity index is 0.000000882. The van der Waals surface area contributed by atoms with Gasteiger partial charge in [0.1, 0.15) is 30.5 Å². The normalized spacial score (nSPS) is 14.2. The number of urea groups is 1. The molecule has 0 aromatic heterocycles. The fourth-order valence-electron chi connectivity index (χ4n) is 4.25. The predicted octanol–water partition coefficient (Wildman–Crippen LogP) is 6.51. The number of nitrogens with one attached hydrogen (secondary N) is 2. The first-order chi connectivity index (χ1) is 19.4. The molecular weight excluding hydrogens is 518 g/mol. The molecule has 1 aliphatic rings. The Hall–Kier alpha value is -3.55. The fraction of sp³-hybridized carbons (Fsp3) is 0.545. The van der Waals surface area contributed by atoms with Gasteiger partial charge in [0.15, 0.2) is 0 Å². The summed E-state index contributed by atoms with van der Waals surface area (Å²) in [5, 5.41) is 5.42. The van der Waals surface area contributed by atoms with Gasteiger partial charge in [-0.2, -0.15) is 0 Å². The molecule has 0 unspecified atom stereocenters. The van der Waals surface area contributed by atoms with Crippen molar-refractivity contribution in [3.05, 3.63) is 65.7 Å². The number of esters is 1. The number of nitrogens with zero attached hydrogens (tertiary/aromatic N) is 1. The summed E-state index contributed by atoms with van der Waals surface area (Å²) in [5.41, 5.74) is 1.85. The van der Waals surface area contributed by atoms with Crippen molar-refractivity contribution < 1.29 is 26.7 Å². The van der Waals surface area contributed by atoms with E-state index < -0.39 is 17.6 Å². The number of carbonyl (C=O) groups is 3. The molecule has 1 heterocycles. The van der Waals surface area contributed by atoms with Crippen LogP contribution in [0.4, 0.5) is 4.79 Å². The Morgan fingerprint density at radius 2 is 1.54 bits per heavy atom. The Morgan fingerprint density at radius 3 is 2.10 bits per heavy atom. The molecule has 3 rings (SSSR count). The first-order valence-electron chi connectivity index (χ1n) is 14.7. The lowest BCUT2D eigenvalue weighted by Gasteiger charge is -2.26.